The van der Waals surface area contributed by atoms with E-state index in [1.807, 2.05) is 0 Å². The fraction of sp³-hybridized carbons (Fsp3) is 0.417. The van der Waals surface area contributed by atoms with Crippen LogP contribution in [0.3, 0.4) is 0 Å². The number of nitrogens with zero attached hydrogens (tertiary/aromatic N) is 1. The Kier molecular flexibility index (Phi) is 5.97. The molecule has 0 aromatic heterocycles. The first-order valence-electron chi connectivity index (χ1n) is 5.95. The molecule has 1 aromatic carbocycles. The van der Waals surface area contributed by atoms with E-state index in [0.717, 1.165) is 0 Å². The number of halogens is 1. The molecule has 2 N–H and O–H groups in total. The van der Waals surface area contributed by atoms with Crippen molar-refractivity contribution in [2.24, 2.45) is 0 Å². The quantitative estimate of drug-likeness (QED) is 0.774. The van der Waals surface area contributed by atoms with E-state index < -0.39 is 10.0 Å². The van der Waals surface area contributed by atoms with Gasteiger partial charge in [-0.15, -0.1) is 0 Å². The molecule has 0 heterocycles. The highest BCUT2D eigenvalue weighted by atomic mass is 79.9. The van der Waals surface area contributed by atoms with Crippen LogP contribution in [0.4, 0.5) is 4.79 Å². The average molecular weight is 364 g/mol. The SMILES string of the molecule is Cc1ccc(Br)cc1S(=O)(=O)NCCNC(=O)N(C)C. The highest BCUT2D eigenvalue weighted by Crippen LogP contribution is 2.20. The van der Waals surface area contributed by atoms with Gasteiger partial charge in [0.25, 0.3) is 0 Å². The van der Waals surface area contributed by atoms with Crippen molar-refractivity contribution in [2.75, 3.05) is 27.2 Å². The molecule has 0 unspecified atom stereocenters. The van der Waals surface area contributed by atoms with Crippen LogP contribution in [0.2, 0.25) is 0 Å². The molecule has 0 aliphatic heterocycles. The first kappa shape index (κ1) is 16.9. The second-order valence-electron chi connectivity index (χ2n) is 4.43. The first-order chi connectivity index (χ1) is 9.24. The van der Waals surface area contributed by atoms with Crippen molar-refractivity contribution < 1.29 is 13.2 Å². The third-order valence-corrected chi connectivity index (χ3v) is 4.64. The summed E-state index contributed by atoms with van der Waals surface area (Å²) in [5, 5.41) is 2.58. The Morgan fingerprint density at radius 1 is 1.30 bits per heavy atom. The van der Waals surface area contributed by atoms with Crippen molar-refractivity contribution >= 4 is 32.0 Å². The topological polar surface area (TPSA) is 78.5 Å². The Morgan fingerprint density at radius 3 is 2.55 bits per heavy atom. The van der Waals surface area contributed by atoms with Crippen LogP contribution in [0, 0.1) is 6.92 Å². The van der Waals surface area contributed by atoms with E-state index in [1.165, 1.54) is 4.90 Å². The lowest BCUT2D eigenvalue weighted by molar-refractivity contribution is 0.217. The van der Waals surface area contributed by atoms with E-state index in [4.69, 9.17) is 0 Å². The average Bonchev–Trinajstić information content (AvgIpc) is 2.37. The van der Waals surface area contributed by atoms with Gasteiger partial charge in [-0.2, -0.15) is 0 Å². The molecule has 8 heteroatoms. The normalized spacial score (nSPS) is 11.2. The fourth-order valence-corrected chi connectivity index (χ4v) is 3.27. The molecule has 0 radical (unpaired) electrons. The number of hydrogen-bond donors (Lipinski definition) is 2. The molecule has 0 atom stereocenters. The molecule has 0 saturated heterocycles. The minimum Gasteiger partial charge on any atom is -0.337 e. The third kappa shape index (κ3) is 4.77. The summed E-state index contributed by atoms with van der Waals surface area (Å²) in [6, 6.07) is 4.80. The van der Waals surface area contributed by atoms with Gasteiger partial charge in [-0.1, -0.05) is 22.0 Å². The molecule has 0 fully saturated rings. The predicted molar refractivity (Wildman–Crippen MR) is 81.2 cm³/mol. The first-order valence-corrected chi connectivity index (χ1v) is 8.22. The van der Waals surface area contributed by atoms with Crippen LogP contribution in [-0.4, -0.2) is 46.5 Å². The summed E-state index contributed by atoms with van der Waals surface area (Å²) in [6.07, 6.45) is 0. The molecule has 0 saturated carbocycles. The number of urea groups is 1. The van der Waals surface area contributed by atoms with E-state index in [-0.39, 0.29) is 24.0 Å². The van der Waals surface area contributed by atoms with Gasteiger partial charge in [0.2, 0.25) is 10.0 Å². The van der Waals surface area contributed by atoms with Gasteiger partial charge in [-0.3, -0.25) is 0 Å². The van der Waals surface area contributed by atoms with Crippen LogP contribution in [0.1, 0.15) is 5.56 Å². The second-order valence-corrected chi connectivity index (χ2v) is 7.09. The van der Waals surface area contributed by atoms with E-state index in [0.29, 0.717) is 10.0 Å². The van der Waals surface area contributed by atoms with Crippen LogP contribution < -0.4 is 10.0 Å². The smallest absolute Gasteiger partial charge is 0.316 e. The minimum atomic E-state index is -3.58. The summed E-state index contributed by atoms with van der Waals surface area (Å²) < 4.78 is 27.4. The molecule has 1 aromatic rings. The van der Waals surface area contributed by atoms with Crippen LogP contribution in [0.15, 0.2) is 27.6 Å². The Bertz CT molecular complexity index is 588. The van der Waals surface area contributed by atoms with E-state index >= 15 is 0 Å². The zero-order valence-electron chi connectivity index (χ0n) is 11.6. The van der Waals surface area contributed by atoms with Crippen LogP contribution >= 0.6 is 15.9 Å². The molecule has 1 rings (SSSR count). The number of aryl methyl sites for hydroxylation is 1. The van der Waals surface area contributed by atoms with Gasteiger partial charge in [0, 0.05) is 31.7 Å². The monoisotopic (exact) mass is 363 g/mol. The highest BCUT2D eigenvalue weighted by molar-refractivity contribution is 9.10. The molecule has 6 nitrogen and oxygen atoms in total. The van der Waals surface area contributed by atoms with Crippen LogP contribution in [0.25, 0.3) is 0 Å². The number of benzene rings is 1. The van der Waals surface area contributed by atoms with Gasteiger partial charge in [-0.05, 0) is 24.6 Å². The van der Waals surface area contributed by atoms with Crippen molar-refractivity contribution in [1.29, 1.82) is 0 Å². The number of carbonyl (C=O) groups is 1. The van der Waals surface area contributed by atoms with Gasteiger partial charge < -0.3 is 10.2 Å². The van der Waals surface area contributed by atoms with Crippen molar-refractivity contribution in [2.45, 2.75) is 11.8 Å². The van der Waals surface area contributed by atoms with Crippen molar-refractivity contribution in [3.05, 3.63) is 28.2 Å². The predicted octanol–water partition coefficient (Wildman–Crippen LogP) is 1.31. The summed E-state index contributed by atoms with van der Waals surface area (Å²) in [4.78, 5) is 12.9. The van der Waals surface area contributed by atoms with Crippen LogP contribution in [-0.2, 0) is 10.0 Å². The number of rotatable bonds is 5. The second kappa shape index (κ2) is 7.05. The molecule has 112 valence electrons. The van der Waals surface area contributed by atoms with Gasteiger partial charge in [0.05, 0.1) is 4.90 Å². The Labute approximate surface area is 127 Å². The van der Waals surface area contributed by atoms with E-state index in [9.17, 15) is 13.2 Å². The number of amides is 2. The molecular weight excluding hydrogens is 346 g/mol. The fourth-order valence-electron chi connectivity index (χ4n) is 1.45. The zero-order valence-corrected chi connectivity index (χ0v) is 14.0. The molecular formula is C12H18BrN3O3S. The van der Waals surface area contributed by atoms with E-state index in [1.54, 1.807) is 39.2 Å². The number of carbonyl (C=O) groups excluding carboxylic acids is 1. The summed E-state index contributed by atoms with van der Waals surface area (Å²) in [5.74, 6) is 0. The Hall–Kier alpha value is -1.12. The Morgan fingerprint density at radius 2 is 1.95 bits per heavy atom. The molecule has 0 bridgehead atoms. The van der Waals surface area contributed by atoms with Crippen LogP contribution in [0.5, 0.6) is 0 Å². The highest BCUT2D eigenvalue weighted by Gasteiger charge is 2.16. The lowest BCUT2D eigenvalue weighted by atomic mass is 10.2. The van der Waals surface area contributed by atoms with Gasteiger partial charge in [0.15, 0.2) is 0 Å². The lowest BCUT2D eigenvalue weighted by Crippen LogP contribution is -2.39. The zero-order chi connectivity index (χ0) is 15.3. The maximum atomic E-state index is 12.1. The Balaban J connectivity index is 2.63. The maximum Gasteiger partial charge on any atom is 0.316 e. The lowest BCUT2D eigenvalue weighted by Gasteiger charge is -2.13. The summed E-state index contributed by atoms with van der Waals surface area (Å²) in [5.41, 5.74) is 0.665. The number of hydrogen-bond acceptors (Lipinski definition) is 3. The minimum absolute atomic E-state index is 0.133. The molecule has 20 heavy (non-hydrogen) atoms. The van der Waals surface area contributed by atoms with Gasteiger partial charge >= 0.3 is 6.03 Å². The summed E-state index contributed by atoms with van der Waals surface area (Å²) in [6.45, 7) is 2.09. The van der Waals surface area contributed by atoms with Crippen molar-refractivity contribution in [3.63, 3.8) is 0 Å². The third-order valence-electron chi connectivity index (χ3n) is 2.54. The number of nitrogens with one attached hydrogen (secondary N) is 2. The van der Waals surface area contributed by atoms with Crippen molar-refractivity contribution in [3.8, 4) is 0 Å². The molecule has 0 spiro atoms. The van der Waals surface area contributed by atoms with E-state index in [2.05, 4.69) is 26.0 Å². The van der Waals surface area contributed by atoms with Gasteiger partial charge in [0.1, 0.15) is 0 Å². The molecule has 0 aliphatic rings. The number of sulfonamides is 1. The molecule has 2 amide bonds. The maximum absolute atomic E-state index is 12.1. The van der Waals surface area contributed by atoms with Gasteiger partial charge in [-0.25, -0.2) is 17.9 Å². The van der Waals surface area contributed by atoms with Crippen molar-refractivity contribution in [1.82, 2.24) is 14.9 Å². The summed E-state index contributed by atoms with van der Waals surface area (Å²) in [7, 11) is -0.346. The standard InChI is InChI=1S/C12H18BrN3O3S/c1-9-4-5-10(13)8-11(9)20(18,19)15-7-6-14-12(17)16(2)3/h4-5,8,15H,6-7H2,1-3H3,(H,14,17). The largest absolute Gasteiger partial charge is 0.337 e. The summed E-state index contributed by atoms with van der Waals surface area (Å²) >= 11 is 3.25. The molecule has 0 aliphatic carbocycles.